The van der Waals surface area contributed by atoms with Gasteiger partial charge < -0.3 is 5.84 Å². The number of aromatic amines is 2. The van der Waals surface area contributed by atoms with Gasteiger partial charge in [0.05, 0.1) is 21.6 Å². The Labute approximate surface area is 156 Å². The van der Waals surface area contributed by atoms with Crippen LogP contribution in [0.2, 0.25) is 10.0 Å². The summed E-state index contributed by atoms with van der Waals surface area (Å²) in [5.74, 6) is 5.96. The van der Waals surface area contributed by atoms with Gasteiger partial charge in [-0.3, -0.25) is 19.8 Å². The highest BCUT2D eigenvalue weighted by Crippen LogP contribution is 2.33. The second-order valence-electron chi connectivity index (χ2n) is 5.58. The molecule has 0 spiro atoms. The number of hydrogen-bond donors (Lipinski definition) is 3. The molecule has 0 bridgehead atoms. The number of hydrogen-bond acceptors (Lipinski definition) is 4. The second kappa shape index (κ2) is 6.05. The maximum Gasteiger partial charge on any atom is 0.280 e. The van der Waals surface area contributed by atoms with E-state index in [1.165, 1.54) is 0 Å². The Morgan fingerprint density at radius 1 is 1.04 bits per heavy atom. The zero-order chi connectivity index (χ0) is 18.4. The quantitative estimate of drug-likeness (QED) is 0.459. The predicted molar refractivity (Wildman–Crippen MR) is 102 cm³/mol. The minimum Gasteiger partial charge on any atom is -0.334 e. The monoisotopic (exact) mass is 387 g/mol. The molecule has 0 unspecified atom stereocenters. The first-order chi connectivity index (χ1) is 12.5. The third-order valence-corrected chi connectivity index (χ3v) is 4.56. The molecule has 0 aliphatic rings. The normalized spacial score (nSPS) is 11.2. The molecule has 26 heavy (non-hydrogen) atoms. The maximum atomic E-state index is 12.5. The standard InChI is InChI=1S/C17H11Cl2N5O2/c18-8-5-6-9(11(19)7-8)14-13(16(25)23-22-14)15-21-12-4-2-1-3-10(12)17(26)24(15)20/h1-7H,20H2,(H2,22,23,25). The van der Waals surface area contributed by atoms with Crippen LogP contribution >= 0.6 is 23.2 Å². The molecule has 2 aromatic carbocycles. The van der Waals surface area contributed by atoms with Gasteiger partial charge >= 0.3 is 0 Å². The zero-order valence-corrected chi connectivity index (χ0v) is 14.6. The Hall–Kier alpha value is -3.03. The zero-order valence-electron chi connectivity index (χ0n) is 13.1. The maximum absolute atomic E-state index is 12.5. The van der Waals surface area contributed by atoms with Gasteiger partial charge in [-0.2, -0.15) is 0 Å². The van der Waals surface area contributed by atoms with Crippen molar-refractivity contribution in [3.05, 3.63) is 73.2 Å². The van der Waals surface area contributed by atoms with Crippen LogP contribution in [-0.2, 0) is 0 Å². The summed E-state index contributed by atoms with van der Waals surface area (Å²) < 4.78 is 0.855. The number of benzene rings is 2. The predicted octanol–water partition coefficient (Wildman–Crippen LogP) is 2.77. The van der Waals surface area contributed by atoms with Crippen molar-refractivity contribution in [3.8, 4) is 22.6 Å². The lowest BCUT2D eigenvalue weighted by molar-refractivity contribution is 0.926. The Kier molecular flexibility index (Phi) is 3.82. The van der Waals surface area contributed by atoms with Crippen molar-refractivity contribution in [3.63, 3.8) is 0 Å². The molecule has 0 saturated heterocycles. The minimum atomic E-state index is -0.479. The van der Waals surface area contributed by atoms with E-state index in [0.29, 0.717) is 32.2 Å². The first kappa shape index (κ1) is 16.4. The lowest BCUT2D eigenvalue weighted by Gasteiger charge is -2.09. The molecule has 0 radical (unpaired) electrons. The van der Waals surface area contributed by atoms with Gasteiger partial charge in [-0.1, -0.05) is 35.3 Å². The summed E-state index contributed by atoms with van der Waals surface area (Å²) in [5, 5.41) is 6.40. The van der Waals surface area contributed by atoms with Crippen LogP contribution in [0.15, 0.2) is 52.1 Å². The molecule has 4 aromatic rings. The summed E-state index contributed by atoms with van der Waals surface area (Å²) in [7, 11) is 0. The van der Waals surface area contributed by atoms with Crippen LogP contribution in [0.25, 0.3) is 33.5 Å². The number of halogens is 2. The Balaban J connectivity index is 2.06. The number of rotatable bonds is 2. The van der Waals surface area contributed by atoms with Gasteiger partial charge in [-0.25, -0.2) is 9.66 Å². The molecule has 0 fully saturated rings. The summed E-state index contributed by atoms with van der Waals surface area (Å²) in [5.41, 5.74) is 0.485. The molecule has 0 amide bonds. The molecule has 7 nitrogen and oxygen atoms in total. The molecular weight excluding hydrogens is 377 g/mol. The van der Waals surface area contributed by atoms with E-state index in [0.717, 1.165) is 4.68 Å². The van der Waals surface area contributed by atoms with Gasteiger partial charge in [-0.05, 0) is 30.3 Å². The van der Waals surface area contributed by atoms with Crippen molar-refractivity contribution in [1.82, 2.24) is 19.9 Å². The van der Waals surface area contributed by atoms with E-state index >= 15 is 0 Å². The van der Waals surface area contributed by atoms with Crippen molar-refractivity contribution >= 4 is 34.1 Å². The number of aromatic nitrogens is 4. The molecule has 0 aliphatic heterocycles. The first-order valence-electron chi connectivity index (χ1n) is 7.50. The van der Waals surface area contributed by atoms with E-state index < -0.39 is 11.1 Å². The Morgan fingerprint density at radius 3 is 2.58 bits per heavy atom. The summed E-state index contributed by atoms with van der Waals surface area (Å²) >= 11 is 12.2. The van der Waals surface area contributed by atoms with Gasteiger partial charge in [0, 0.05) is 10.6 Å². The van der Waals surface area contributed by atoms with Gasteiger partial charge in [0.2, 0.25) is 0 Å². The topological polar surface area (TPSA) is 110 Å². The van der Waals surface area contributed by atoms with Crippen LogP contribution in [0.5, 0.6) is 0 Å². The molecular formula is C17H11Cl2N5O2. The third kappa shape index (κ3) is 2.49. The molecule has 2 heterocycles. The van der Waals surface area contributed by atoms with E-state index in [9.17, 15) is 9.59 Å². The van der Waals surface area contributed by atoms with E-state index in [1.54, 1.807) is 42.5 Å². The van der Waals surface area contributed by atoms with Crippen LogP contribution in [0.4, 0.5) is 0 Å². The van der Waals surface area contributed by atoms with E-state index in [2.05, 4.69) is 15.2 Å². The minimum absolute atomic E-state index is 0.0252. The molecule has 130 valence electrons. The van der Waals surface area contributed by atoms with Gasteiger partial charge in [-0.15, -0.1) is 0 Å². The molecule has 2 aromatic heterocycles. The smallest absolute Gasteiger partial charge is 0.280 e. The highest BCUT2D eigenvalue weighted by Gasteiger charge is 2.21. The largest absolute Gasteiger partial charge is 0.334 e. The number of fused-ring (bicyclic) bond motifs is 1. The summed E-state index contributed by atoms with van der Waals surface area (Å²) in [6.07, 6.45) is 0. The Bertz CT molecular complexity index is 1270. The molecule has 0 saturated carbocycles. The van der Waals surface area contributed by atoms with Crippen molar-refractivity contribution in [2.45, 2.75) is 0 Å². The fourth-order valence-electron chi connectivity index (χ4n) is 2.79. The van der Waals surface area contributed by atoms with E-state index in [1.807, 2.05) is 0 Å². The summed E-state index contributed by atoms with van der Waals surface area (Å²) in [6.45, 7) is 0. The third-order valence-electron chi connectivity index (χ3n) is 4.01. The van der Waals surface area contributed by atoms with Crippen LogP contribution in [0.1, 0.15) is 0 Å². The molecule has 4 N–H and O–H groups in total. The number of nitrogens with zero attached hydrogens (tertiary/aromatic N) is 2. The average Bonchev–Trinajstić information content (AvgIpc) is 2.99. The molecule has 9 heteroatoms. The summed E-state index contributed by atoms with van der Waals surface area (Å²) in [6, 6.07) is 11.6. The van der Waals surface area contributed by atoms with Crippen LogP contribution < -0.4 is 17.0 Å². The second-order valence-corrected chi connectivity index (χ2v) is 6.42. The number of para-hydroxylation sites is 1. The molecule has 0 atom stereocenters. The highest BCUT2D eigenvalue weighted by atomic mass is 35.5. The molecule has 4 rings (SSSR count). The lowest BCUT2D eigenvalue weighted by atomic mass is 10.1. The number of H-pyrrole nitrogens is 2. The SMILES string of the molecule is Nn1c(-c2c(-c3ccc(Cl)cc3Cl)[nH][nH]c2=O)nc2ccccc2c1=O. The van der Waals surface area contributed by atoms with Crippen LogP contribution in [0, 0.1) is 0 Å². The fourth-order valence-corrected chi connectivity index (χ4v) is 3.29. The Morgan fingerprint density at radius 2 is 1.81 bits per heavy atom. The number of nitrogens with two attached hydrogens (primary N) is 1. The number of nitrogen functional groups attached to an aromatic ring is 1. The van der Waals surface area contributed by atoms with Gasteiger partial charge in [0.25, 0.3) is 11.1 Å². The average molecular weight is 388 g/mol. The molecule has 0 aliphatic carbocycles. The van der Waals surface area contributed by atoms with Crippen molar-refractivity contribution in [1.29, 1.82) is 0 Å². The highest BCUT2D eigenvalue weighted by molar-refractivity contribution is 6.36. The van der Waals surface area contributed by atoms with Crippen molar-refractivity contribution < 1.29 is 0 Å². The van der Waals surface area contributed by atoms with Gasteiger partial charge in [0.15, 0.2) is 5.82 Å². The van der Waals surface area contributed by atoms with E-state index in [4.69, 9.17) is 29.0 Å². The fraction of sp³-hybridized carbons (Fsp3) is 0. The summed E-state index contributed by atoms with van der Waals surface area (Å²) in [4.78, 5) is 29.4. The van der Waals surface area contributed by atoms with Gasteiger partial charge in [0.1, 0.15) is 5.56 Å². The first-order valence-corrected chi connectivity index (χ1v) is 8.26. The van der Waals surface area contributed by atoms with Crippen LogP contribution in [0.3, 0.4) is 0 Å². The number of nitrogens with one attached hydrogen (secondary N) is 2. The van der Waals surface area contributed by atoms with Crippen molar-refractivity contribution in [2.75, 3.05) is 5.84 Å². The van der Waals surface area contributed by atoms with Crippen molar-refractivity contribution in [2.24, 2.45) is 0 Å². The lowest BCUT2D eigenvalue weighted by Crippen LogP contribution is -2.31. The van der Waals surface area contributed by atoms with E-state index in [-0.39, 0.29) is 11.4 Å². The van der Waals surface area contributed by atoms with Crippen LogP contribution in [-0.4, -0.2) is 19.9 Å².